The van der Waals surface area contributed by atoms with Gasteiger partial charge < -0.3 is 15.4 Å². The second-order valence-electron chi connectivity index (χ2n) is 6.21. The Kier molecular flexibility index (Phi) is 5.85. The number of rotatable bonds is 7. The smallest absolute Gasteiger partial charge is 0.251 e. The monoisotopic (exact) mass is 324 g/mol. The molecule has 3 rings (SSSR count). The summed E-state index contributed by atoms with van der Waals surface area (Å²) in [6.45, 7) is 3.39. The Morgan fingerprint density at radius 2 is 2.04 bits per heavy atom. The molecule has 0 saturated carbocycles. The number of hydrogen-bond acceptors (Lipinski definition) is 3. The molecule has 24 heavy (non-hydrogen) atoms. The summed E-state index contributed by atoms with van der Waals surface area (Å²) in [6, 6.07) is 17.4. The summed E-state index contributed by atoms with van der Waals surface area (Å²) < 4.78 is 5.78. The van der Waals surface area contributed by atoms with Gasteiger partial charge in [-0.15, -0.1) is 0 Å². The van der Waals surface area contributed by atoms with E-state index in [2.05, 4.69) is 10.6 Å². The number of nitrogens with one attached hydrogen (secondary N) is 2. The predicted molar refractivity (Wildman–Crippen MR) is 95.1 cm³/mol. The molecule has 0 radical (unpaired) electrons. The van der Waals surface area contributed by atoms with Crippen LogP contribution in [0.3, 0.4) is 0 Å². The van der Waals surface area contributed by atoms with E-state index in [4.69, 9.17) is 4.74 Å². The van der Waals surface area contributed by atoms with Crippen LogP contribution in [0.5, 0.6) is 5.75 Å². The van der Waals surface area contributed by atoms with Gasteiger partial charge in [-0.25, -0.2) is 0 Å². The molecule has 1 aliphatic rings. The second kappa shape index (κ2) is 8.50. The minimum Gasteiger partial charge on any atom is -0.489 e. The normalized spacial score (nSPS) is 16.8. The van der Waals surface area contributed by atoms with Crippen LogP contribution < -0.4 is 15.4 Å². The van der Waals surface area contributed by atoms with Gasteiger partial charge in [-0.1, -0.05) is 36.4 Å². The first-order chi connectivity index (χ1) is 11.8. The average Bonchev–Trinajstić information content (AvgIpc) is 3.14. The van der Waals surface area contributed by atoms with Crippen molar-refractivity contribution in [1.29, 1.82) is 0 Å². The summed E-state index contributed by atoms with van der Waals surface area (Å²) in [5, 5.41) is 6.35. The van der Waals surface area contributed by atoms with Gasteiger partial charge in [0.2, 0.25) is 0 Å². The number of amides is 1. The Labute approximate surface area is 143 Å². The van der Waals surface area contributed by atoms with E-state index in [0.29, 0.717) is 23.8 Å². The third kappa shape index (κ3) is 4.83. The van der Waals surface area contributed by atoms with Crippen molar-refractivity contribution in [3.63, 3.8) is 0 Å². The van der Waals surface area contributed by atoms with Crippen LogP contribution in [-0.4, -0.2) is 25.5 Å². The highest BCUT2D eigenvalue weighted by Crippen LogP contribution is 2.16. The maximum Gasteiger partial charge on any atom is 0.251 e. The summed E-state index contributed by atoms with van der Waals surface area (Å²) in [7, 11) is 0. The molecule has 0 bridgehead atoms. The molecular formula is C20H24N2O2. The molecular weight excluding hydrogens is 300 g/mol. The highest BCUT2D eigenvalue weighted by Gasteiger charge is 2.14. The van der Waals surface area contributed by atoms with Crippen LogP contribution in [0.25, 0.3) is 0 Å². The van der Waals surface area contributed by atoms with Gasteiger partial charge in [0.15, 0.2) is 0 Å². The van der Waals surface area contributed by atoms with E-state index in [0.717, 1.165) is 31.6 Å². The van der Waals surface area contributed by atoms with Crippen LogP contribution in [0.15, 0.2) is 54.6 Å². The molecule has 2 N–H and O–H groups in total. The van der Waals surface area contributed by atoms with E-state index >= 15 is 0 Å². The zero-order chi connectivity index (χ0) is 16.6. The molecule has 126 valence electrons. The molecule has 1 fully saturated rings. The van der Waals surface area contributed by atoms with E-state index in [-0.39, 0.29) is 5.91 Å². The van der Waals surface area contributed by atoms with Gasteiger partial charge in [0, 0.05) is 12.1 Å². The Bertz CT molecular complexity index is 652. The Hall–Kier alpha value is -2.33. The number of benzene rings is 2. The number of carbonyl (C=O) groups excluding carboxylic acids is 1. The molecule has 1 unspecified atom stereocenters. The van der Waals surface area contributed by atoms with Crippen molar-refractivity contribution in [3.05, 3.63) is 65.7 Å². The van der Waals surface area contributed by atoms with Crippen molar-refractivity contribution in [2.24, 2.45) is 5.92 Å². The lowest BCUT2D eigenvalue weighted by atomic mass is 10.1. The zero-order valence-corrected chi connectivity index (χ0v) is 13.8. The van der Waals surface area contributed by atoms with Crippen LogP contribution in [0, 0.1) is 5.92 Å². The lowest BCUT2D eigenvalue weighted by Crippen LogP contribution is -2.26. The molecule has 4 nitrogen and oxygen atoms in total. The molecule has 0 spiro atoms. The van der Waals surface area contributed by atoms with Crippen molar-refractivity contribution in [2.45, 2.75) is 19.4 Å². The maximum atomic E-state index is 12.3. The molecule has 1 saturated heterocycles. The first-order valence-corrected chi connectivity index (χ1v) is 8.57. The fraction of sp³-hybridized carbons (Fsp3) is 0.350. The van der Waals surface area contributed by atoms with Gasteiger partial charge in [-0.3, -0.25) is 4.79 Å². The zero-order valence-electron chi connectivity index (χ0n) is 13.8. The topological polar surface area (TPSA) is 50.4 Å². The van der Waals surface area contributed by atoms with Crippen molar-refractivity contribution < 1.29 is 9.53 Å². The lowest BCUT2D eigenvalue weighted by Gasteiger charge is -2.11. The van der Waals surface area contributed by atoms with Crippen LogP contribution in [0.2, 0.25) is 0 Å². The SMILES string of the molecule is O=C(NCCC1CCNC1)c1cccc(OCc2ccccc2)c1. The summed E-state index contributed by atoms with van der Waals surface area (Å²) in [4.78, 5) is 12.3. The third-order valence-electron chi connectivity index (χ3n) is 4.35. The number of carbonyl (C=O) groups is 1. The first kappa shape index (κ1) is 16.5. The van der Waals surface area contributed by atoms with Crippen LogP contribution in [-0.2, 0) is 6.61 Å². The number of ether oxygens (including phenoxy) is 1. The Morgan fingerprint density at radius 3 is 2.83 bits per heavy atom. The fourth-order valence-electron chi connectivity index (χ4n) is 2.92. The van der Waals surface area contributed by atoms with E-state index in [1.54, 1.807) is 6.07 Å². The van der Waals surface area contributed by atoms with E-state index in [1.165, 1.54) is 6.42 Å². The number of hydrogen-bond donors (Lipinski definition) is 2. The van der Waals surface area contributed by atoms with Crippen LogP contribution in [0.1, 0.15) is 28.8 Å². The van der Waals surface area contributed by atoms with E-state index < -0.39 is 0 Å². The van der Waals surface area contributed by atoms with Crippen LogP contribution >= 0.6 is 0 Å². The quantitative estimate of drug-likeness (QED) is 0.823. The molecule has 1 heterocycles. The van der Waals surface area contributed by atoms with Gasteiger partial charge in [0.25, 0.3) is 5.91 Å². The summed E-state index contributed by atoms with van der Waals surface area (Å²) in [5.74, 6) is 1.36. The standard InChI is InChI=1S/C20H24N2O2/c23-20(22-12-10-16-9-11-21-14-16)18-7-4-8-19(13-18)24-15-17-5-2-1-3-6-17/h1-8,13,16,21H,9-12,14-15H2,(H,22,23). The second-order valence-corrected chi connectivity index (χ2v) is 6.21. The molecule has 1 amide bonds. The highest BCUT2D eigenvalue weighted by molar-refractivity contribution is 5.94. The van der Waals surface area contributed by atoms with E-state index in [1.807, 2.05) is 48.5 Å². The molecule has 0 aromatic heterocycles. The minimum absolute atomic E-state index is 0.0360. The molecule has 2 aromatic rings. The predicted octanol–water partition coefficient (Wildman–Crippen LogP) is 3.00. The summed E-state index contributed by atoms with van der Waals surface area (Å²) in [6.07, 6.45) is 2.24. The molecule has 1 atom stereocenters. The molecule has 1 aliphatic heterocycles. The maximum absolute atomic E-state index is 12.3. The van der Waals surface area contributed by atoms with Crippen molar-refractivity contribution >= 4 is 5.91 Å². The van der Waals surface area contributed by atoms with Gasteiger partial charge in [-0.05, 0) is 55.6 Å². The minimum atomic E-state index is -0.0360. The third-order valence-corrected chi connectivity index (χ3v) is 4.35. The Morgan fingerprint density at radius 1 is 1.17 bits per heavy atom. The van der Waals surface area contributed by atoms with Gasteiger partial charge in [0.05, 0.1) is 0 Å². The first-order valence-electron chi connectivity index (χ1n) is 8.57. The van der Waals surface area contributed by atoms with Crippen molar-refractivity contribution in [1.82, 2.24) is 10.6 Å². The average molecular weight is 324 g/mol. The van der Waals surface area contributed by atoms with Crippen LogP contribution in [0.4, 0.5) is 0 Å². The molecule has 0 aliphatic carbocycles. The molecule has 4 heteroatoms. The van der Waals surface area contributed by atoms with Gasteiger partial charge >= 0.3 is 0 Å². The van der Waals surface area contributed by atoms with Gasteiger partial charge in [-0.2, -0.15) is 0 Å². The molecule has 2 aromatic carbocycles. The fourth-order valence-corrected chi connectivity index (χ4v) is 2.92. The van der Waals surface area contributed by atoms with Crippen molar-refractivity contribution in [2.75, 3.05) is 19.6 Å². The van der Waals surface area contributed by atoms with E-state index in [9.17, 15) is 4.79 Å². The van der Waals surface area contributed by atoms with Crippen molar-refractivity contribution in [3.8, 4) is 5.75 Å². The van der Waals surface area contributed by atoms with Gasteiger partial charge in [0.1, 0.15) is 12.4 Å². The lowest BCUT2D eigenvalue weighted by molar-refractivity contribution is 0.0951. The summed E-state index contributed by atoms with van der Waals surface area (Å²) >= 11 is 0. The summed E-state index contributed by atoms with van der Waals surface area (Å²) in [5.41, 5.74) is 1.75. The Balaban J connectivity index is 1.49. The highest BCUT2D eigenvalue weighted by atomic mass is 16.5. The largest absolute Gasteiger partial charge is 0.489 e.